The number of hydrogen-bond donors (Lipinski definition) is 2. The van der Waals surface area contributed by atoms with Crippen LogP contribution in [0.2, 0.25) is 10.0 Å². The highest BCUT2D eigenvalue weighted by Crippen LogP contribution is 2.22. The lowest BCUT2D eigenvalue weighted by atomic mass is 10.2. The third-order valence-electron chi connectivity index (χ3n) is 4.75. The van der Waals surface area contributed by atoms with Crippen molar-refractivity contribution in [1.29, 1.82) is 0 Å². The van der Waals surface area contributed by atoms with Crippen LogP contribution in [0.15, 0.2) is 17.3 Å². The highest BCUT2D eigenvalue weighted by atomic mass is 127. The van der Waals surface area contributed by atoms with Crippen LogP contribution >= 0.6 is 47.2 Å². The first-order valence-electron chi connectivity index (χ1n) is 8.99. The van der Waals surface area contributed by atoms with Crippen molar-refractivity contribution in [2.24, 2.45) is 4.99 Å². The Hall–Kier alpha value is -0.550. The maximum absolute atomic E-state index is 6.12. The van der Waals surface area contributed by atoms with Gasteiger partial charge in [-0.1, -0.05) is 23.2 Å². The summed E-state index contributed by atoms with van der Waals surface area (Å²) in [6.45, 7) is 7.21. The van der Waals surface area contributed by atoms with Crippen molar-refractivity contribution in [2.45, 2.75) is 12.5 Å². The van der Waals surface area contributed by atoms with E-state index in [2.05, 4.69) is 30.4 Å². The molecule has 2 N–H and O–H groups in total. The lowest BCUT2D eigenvalue weighted by Gasteiger charge is -2.32. The van der Waals surface area contributed by atoms with Gasteiger partial charge >= 0.3 is 0 Å². The predicted octanol–water partition coefficient (Wildman–Crippen LogP) is 2.40. The van der Waals surface area contributed by atoms with Crippen molar-refractivity contribution in [1.82, 2.24) is 20.1 Å². The van der Waals surface area contributed by atoms with E-state index in [4.69, 9.17) is 27.9 Å². The largest absolute Gasteiger partial charge is 0.379 e. The van der Waals surface area contributed by atoms with Crippen LogP contribution in [-0.4, -0.2) is 86.3 Å². The number of nitrogens with zero attached hydrogens (tertiary/aromatic N) is 4. The fourth-order valence-corrected chi connectivity index (χ4v) is 3.85. The Kier molecular flexibility index (Phi) is 9.64. The molecule has 2 aliphatic rings. The summed E-state index contributed by atoms with van der Waals surface area (Å²) in [5.74, 6) is 1.58. The summed E-state index contributed by atoms with van der Waals surface area (Å²) >= 11 is 12.0. The molecule has 0 radical (unpaired) electrons. The van der Waals surface area contributed by atoms with Crippen molar-refractivity contribution in [3.05, 3.63) is 22.3 Å². The number of morpholine rings is 1. The highest BCUT2D eigenvalue weighted by Gasteiger charge is 2.30. The van der Waals surface area contributed by atoms with Crippen molar-refractivity contribution in [2.75, 3.05) is 64.8 Å². The average molecular weight is 529 g/mol. The molecule has 2 aliphatic heterocycles. The molecule has 0 saturated carbocycles. The van der Waals surface area contributed by atoms with Gasteiger partial charge in [-0.2, -0.15) is 0 Å². The number of anilines is 1. The Balaban J connectivity index is 0.00000261. The molecule has 2 fully saturated rings. The Morgan fingerprint density at radius 3 is 2.78 bits per heavy atom. The van der Waals surface area contributed by atoms with Gasteiger partial charge in [0.05, 0.1) is 23.3 Å². The fourth-order valence-electron chi connectivity index (χ4n) is 3.41. The number of nitrogens with one attached hydrogen (secondary N) is 2. The van der Waals surface area contributed by atoms with Crippen LogP contribution in [0.5, 0.6) is 0 Å². The number of guanidine groups is 1. The van der Waals surface area contributed by atoms with Crippen LogP contribution in [0.1, 0.15) is 6.42 Å². The fraction of sp³-hybridized carbons (Fsp3) is 0.647. The maximum atomic E-state index is 6.12. The molecule has 152 valence electrons. The number of hydrogen-bond acceptors (Lipinski definition) is 5. The van der Waals surface area contributed by atoms with Crippen LogP contribution in [0.3, 0.4) is 0 Å². The van der Waals surface area contributed by atoms with Gasteiger partial charge in [0.2, 0.25) is 0 Å². The van der Waals surface area contributed by atoms with Gasteiger partial charge in [-0.25, -0.2) is 4.98 Å². The molecule has 3 heterocycles. The first kappa shape index (κ1) is 22.7. The van der Waals surface area contributed by atoms with E-state index in [1.165, 1.54) is 6.42 Å². The molecule has 0 aliphatic carbocycles. The topological polar surface area (TPSA) is 65.0 Å². The zero-order valence-corrected chi connectivity index (χ0v) is 19.3. The SMILES string of the molecule is CN=C(NCCNc1ncc(Cl)cc1Cl)N1CCC(N2CCOCC2)C1.I. The number of likely N-dealkylation sites (tertiary alicyclic amines) is 1. The third-order valence-corrected chi connectivity index (χ3v) is 5.24. The van der Waals surface area contributed by atoms with Crippen LogP contribution < -0.4 is 10.6 Å². The van der Waals surface area contributed by atoms with E-state index in [0.29, 0.717) is 28.4 Å². The van der Waals surface area contributed by atoms with Crippen LogP contribution in [0.25, 0.3) is 0 Å². The maximum Gasteiger partial charge on any atom is 0.193 e. The van der Waals surface area contributed by atoms with E-state index in [-0.39, 0.29) is 24.0 Å². The molecule has 1 aromatic rings. The Morgan fingerprint density at radius 1 is 1.30 bits per heavy atom. The standard InChI is InChI=1S/C17H26Cl2N6O.HI/c1-20-17(22-4-3-21-16-15(19)10-13(18)11-23-16)25-5-2-14(12-25)24-6-8-26-9-7-24;/h10-11,14H,2-9,12H2,1H3,(H,20,22)(H,21,23);1H. The van der Waals surface area contributed by atoms with Gasteiger partial charge in [-0.05, 0) is 12.5 Å². The van der Waals surface area contributed by atoms with Gasteiger partial charge in [0.15, 0.2) is 5.96 Å². The third kappa shape index (κ3) is 6.49. The molecule has 2 saturated heterocycles. The van der Waals surface area contributed by atoms with Gasteiger partial charge in [-0.3, -0.25) is 9.89 Å². The summed E-state index contributed by atoms with van der Waals surface area (Å²) < 4.78 is 5.45. The molecular weight excluding hydrogens is 502 g/mol. The first-order valence-corrected chi connectivity index (χ1v) is 9.75. The molecule has 0 aromatic carbocycles. The molecule has 1 atom stereocenters. The second-order valence-corrected chi connectivity index (χ2v) is 7.27. The molecule has 0 amide bonds. The molecule has 1 unspecified atom stereocenters. The molecule has 0 bridgehead atoms. The number of aliphatic imine (C=N–C) groups is 1. The average Bonchev–Trinajstić information content (AvgIpc) is 3.14. The second kappa shape index (κ2) is 11.5. The number of rotatable bonds is 5. The minimum Gasteiger partial charge on any atom is -0.379 e. The van der Waals surface area contributed by atoms with Gasteiger partial charge in [-0.15, -0.1) is 24.0 Å². The van der Waals surface area contributed by atoms with Gasteiger partial charge in [0.25, 0.3) is 0 Å². The lowest BCUT2D eigenvalue weighted by molar-refractivity contribution is 0.0195. The van der Waals surface area contributed by atoms with Gasteiger partial charge in [0.1, 0.15) is 5.82 Å². The quantitative estimate of drug-likeness (QED) is 0.265. The van der Waals surface area contributed by atoms with Crippen molar-refractivity contribution >= 4 is 59.0 Å². The summed E-state index contributed by atoms with van der Waals surface area (Å²) in [4.78, 5) is 13.5. The summed E-state index contributed by atoms with van der Waals surface area (Å²) in [6.07, 6.45) is 2.75. The van der Waals surface area contributed by atoms with Gasteiger partial charge < -0.3 is 20.3 Å². The first-order chi connectivity index (χ1) is 12.7. The van der Waals surface area contributed by atoms with E-state index in [1.54, 1.807) is 12.3 Å². The Labute approximate surface area is 187 Å². The minimum absolute atomic E-state index is 0. The van der Waals surface area contributed by atoms with E-state index in [1.807, 2.05) is 7.05 Å². The molecule has 1 aromatic heterocycles. The molecule has 7 nitrogen and oxygen atoms in total. The predicted molar refractivity (Wildman–Crippen MR) is 122 cm³/mol. The molecule has 0 spiro atoms. The monoisotopic (exact) mass is 528 g/mol. The van der Waals surface area contributed by atoms with Crippen LogP contribution in [0, 0.1) is 0 Å². The summed E-state index contributed by atoms with van der Waals surface area (Å²) in [5.41, 5.74) is 0. The normalized spacial score (nSPS) is 21.1. The summed E-state index contributed by atoms with van der Waals surface area (Å²) in [6, 6.07) is 2.27. The van der Waals surface area contributed by atoms with Crippen molar-refractivity contribution in [3.8, 4) is 0 Å². The number of ether oxygens (including phenoxy) is 1. The molecule has 10 heteroatoms. The highest BCUT2D eigenvalue weighted by molar-refractivity contribution is 14.0. The summed E-state index contributed by atoms with van der Waals surface area (Å²) in [5, 5.41) is 7.67. The Bertz CT molecular complexity index is 629. The number of halogens is 3. The smallest absolute Gasteiger partial charge is 0.193 e. The number of aromatic nitrogens is 1. The lowest BCUT2D eigenvalue weighted by Crippen LogP contribution is -2.47. The van der Waals surface area contributed by atoms with Crippen LogP contribution in [-0.2, 0) is 4.74 Å². The molecular formula is C17H27Cl2IN6O. The zero-order valence-electron chi connectivity index (χ0n) is 15.5. The zero-order chi connectivity index (χ0) is 18.4. The van der Waals surface area contributed by atoms with E-state index < -0.39 is 0 Å². The Morgan fingerprint density at radius 2 is 2.07 bits per heavy atom. The van der Waals surface area contributed by atoms with Gasteiger partial charge in [0, 0.05) is 58.6 Å². The summed E-state index contributed by atoms with van der Waals surface area (Å²) in [7, 11) is 1.83. The molecule has 3 rings (SSSR count). The van der Waals surface area contributed by atoms with E-state index in [0.717, 1.165) is 51.9 Å². The second-order valence-electron chi connectivity index (χ2n) is 6.42. The van der Waals surface area contributed by atoms with Crippen LogP contribution in [0.4, 0.5) is 5.82 Å². The van der Waals surface area contributed by atoms with Crippen molar-refractivity contribution in [3.63, 3.8) is 0 Å². The number of pyridine rings is 1. The van der Waals surface area contributed by atoms with E-state index >= 15 is 0 Å². The molecule has 27 heavy (non-hydrogen) atoms. The van der Waals surface area contributed by atoms with Crippen molar-refractivity contribution < 1.29 is 4.74 Å². The minimum atomic E-state index is 0. The van der Waals surface area contributed by atoms with E-state index in [9.17, 15) is 0 Å².